The van der Waals surface area contributed by atoms with Gasteiger partial charge in [0.05, 0.1) is 5.56 Å². The smallest absolute Gasteiger partial charge is 0.324 e. The van der Waals surface area contributed by atoms with E-state index >= 15 is 0 Å². The molecule has 6 heteroatoms. The molecule has 0 fully saturated rings. The maximum atomic E-state index is 12.9. The van der Waals surface area contributed by atoms with E-state index in [1.54, 1.807) is 0 Å². The summed E-state index contributed by atoms with van der Waals surface area (Å²) in [6, 6.07) is 7.52. The van der Waals surface area contributed by atoms with Crippen LogP contribution >= 0.6 is 15.9 Å². The SMILES string of the molecule is NC(Cc1ccc(Br)cc1)c1cnccc1C(F)(F)F. The molecule has 2 N–H and O–H groups in total. The van der Waals surface area contributed by atoms with Gasteiger partial charge in [0, 0.05) is 22.9 Å². The second kappa shape index (κ2) is 5.93. The number of nitrogens with zero attached hydrogens (tertiary/aromatic N) is 1. The lowest BCUT2D eigenvalue weighted by Crippen LogP contribution is -2.19. The van der Waals surface area contributed by atoms with E-state index in [9.17, 15) is 13.2 Å². The third-order valence-electron chi connectivity index (χ3n) is 2.93. The van der Waals surface area contributed by atoms with E-state index in [1.165, 1.54) is 6.20 Å². The van der Waals surface area contributed by atoms with Crippen LogP contribution in [0.3, 0.4) is 0 Å². The molecule has 0 radical (unpaired) electrons. The molecule has 0 bridgehead atoms. The van der Waals surface area contributed by atoms with Crippen molar-refractivity contribution in [1.82, 2.24) is 4.98 Å². The summed E-state index contributed by atoms with van der Waals surface area (Å²) < 4.78 is 39.6. The Bertz CT molecular complexity index is 582. The maximum absolute atomic E-state index is 12.9. The van der Waals surface area contributed by atoms with Crippen molar-refractivity contribution in [1.29, 1.82) is 0 Å². The van der Waals surface area contributed by atoms with Crippen molar-refractivity contribution in [3.63, 3.8) is 0 Å². The van der Waals surface area contributed by atoms with Gasteiger partial charge in [-0.3, -0.25) is 4.98 Å². The molecule has 2 rings (SSSR count). The van der Waals surface area contributed by atoms with Crippen LogP contribution in [0.4, 0.5) is 13.2 Å². The highest BCUT2D eigenvalue weighted by molar-refractivity contribution is 9.10. The van der Waals surface area contributed by atoms with E-state index in [0.29, 0.717) is 6.42 Å². The van der Waals surface area contributed by atoms with Crippen LogP contribution in [0.2, 0.25) is 0 Å². The number of rotatable bonds is 3. The number of nitrogens with two attached hydrogens (primary N) is 1. The third kappa shape index (κ3) is 3.58. The Hall–Kier alpha value is -1.40. The molecule has 0 saturated heterocycles. The normalized spacial score (nSPS) is 13.2. The topological polar surface area (TPSA) is 38.9 Å². The van der Waals surface area contributed by atoms with Crippen LogP contribution in [0.5, 0.6) is 0 Å². The fourth-order valence-corrected chi connectivity index (χ4v) is 2.21. The Morgan fingerprint density at radius 2 is 1.80 bits per heavy atom. The predicted octanol–water partition coefficient (Wildman–Crippen LogP) is 4.11. The molecule has 0 aliphatic rings. The lowest BCUT2D eigenvalue weighted by atomic mass is 9.97. The zero-order chi connectivity index (χ0) is 14.8. The molecule has 0 spiro atoms. The van der Waals surface area contributed by atoms with Gasteiger partial charge in [-0.1, -0.05) is 28.1 Å². The van der Waals surface area contributed by atoms with Crippen LogP contribution in [0, 0.1) is 0 Å². The summed E-state index contributed by atoms with van der Waals surface area (Å²) in [5.74, 6) is 0. The van der Waals surface area contributed by atoms with E-state index in [-0.39, 0.29) is 5.56 Å². The lowest BCUT2D eigenvalue weighted by molar-refractivity contribution is -0.138. The Labute approximate surface area is 123 Å². The lowest BCUT2D eigenvalue weighted by Gasteiger charge is -2.17. The standard InChI is InChI=1S/C14H12BrF3N2/c15-10-3-1-9(2-4-10)7-13(19)11-8-20-6-5-12(11)14(16,17)18/h1-6,8,13H,7,19H2. The van der Waals surface area contributed by atoms with Crippen LogP contribution in [0.25, 0.3) is 0 Å². The molecular weight excluding hydrogens is 333 g/mol. The molecule has 0 aliphatic heterocycles. The van der Waals surface area contributed by atoms with Gasteiger partial charge >= 0.3 is 6.18 Å². The summed E-state index contributed by atoms with van der Waals surface area (Å²) in [7, 11) is 0. The van der Waals surface area contributed by atoms with Crippen LogP contribution < -0.4 is 5.73 Å². The van der Waals surface area contributed by atoms with Crippen molar-refractivity contribution in [2.24, 2.45) is 5.73 Å². The number of hydrogen-bond donors (Lipinski definition) is 1. The van der Waals surface area contributed by atoms with Gasteiger partial charge in [-0.15, -0.1) is 0 Å². The van der Waals surface area contributed by atoms with Gasteiger partial charge in [-0.25, -0.2) is 0 Å². The molecule has 0 amide bonds. The monoisotopic (exact) mass is 344 g/mol. The van der Waals surface area contributed by atoms with Crippen molar-refractivity contribution in [2.45, 2.75) is 18.6 Å². The number of halogens is 4. The summed E-state index contributed by atoms with van der Waals surface area (Å²) in [6.07, 6.45) is -1.79. The van der Waals surface area contributed by atoms with Crippen molar-refractivity contribution in [2.75, 3.05) is 0 Å². The van der Waals surface area contributed by atoms with Crippen molar-refractivity contribution >= 4 is 15.9 Å². The van der Waals surface area contributed by atoms with Crippen LogP contribution in [-0.2, 0) is 12.6 Å². The summed E-state index contributed by atoms with van der Waals surface area (Å²) >= 11 is 3.30. The molecule has 2 aromatic rings. The number of alkyl halides is 3. The highest BCUT2D eigenvalue weighted by atomic mass is 79.9. The zero-order valence-corrected chi connectivity index (χ0v) is 11.9. The highest BCUT2D eigenvalue weighted by Gasteiger charge is 2.34. The molecule has 2 nitrogen and oxygen atoms in total. The van der Waals surface area contributed by atoms with Gasteiger partial charge in [0.15, 0.2) is 0 Å². The van der Waals surface area contributed by atoms with E-state index in [0.717, 1.165) is 22.3 Å². The van der Waals surface area contributed by atoms with Gasteiger partial charge in [0.25, 0.3) is 0 Å². The molecule has 1 aromatic carbocycles. The molecule has 0 aliphatic carbocycles. The first-order chi connectivity index (χ1) is 9.38. The molecule has 1 aromatic heterocycles. The molecule has 106 valence electrons. The predicted molar refractivity (Wildman–Crippen MR) is 74.0 cm³/mol. The van der Waals surface area contributed by atoms with Crippen molar-refractivity contribution < 1.29 is 13.2 Å². The second-order valence-corrected chi connectivity index (χ2v) is 5.31. The largest absolute Gasteiger partial charge is 0.416 e. The fourth-order valence-electron chi connectivity index (χ4n) is 1.94. The first-order valence-electron chi connectivity index (χ1n) is 5.89. The molecule has 20 heavy (non-hydrogen) atoms. The first kappa shape index (κ1) is 15.0. The second-order valence-electron chi connectivity index (χ2n) is 4.40. The zero-order valence-electron chi connectivity index (χ0n) is 10.4. The third-order valence-corrected chi connectivity index (χ3v) is 3.45. The van der Waals surface area contributed by atoms with Crippen LogP contribution in [0.1, 0.15) is 22.7 Å². The van der Waals surface area contributed by atoms with Crippen LogP contribution in [0.15, 0.2) is 47.2 Å². The molecule has 1 heterocycles. The number of hydrogen-bond acceptors (Lipinski definition) is 2. The summed E-state index contributed by atoms with van der Waals surface area (Å²) in [4.78, 5) is 3.75. The summed E-state index contributed by atoms with van der Waals surface area (Å²) in [5, 5.41) is 0. The van der Waals surface area contributed by atoms with Gasteiger partial charge in [-0.2, -0.15) is 13.2 Å². The summed E-state index contributed by atoms with van der Waals surface area (Å²) in [6.45, 7) is 0. The van der Waals surface area contributed by atoms with Crippen molar-refractivity contribution in [3.05, 3.63) is 63.9 Å². The average molecular weight is 345 g/mol. The number of pyridine rings is 1. The minimum Gasteiger partial charge on any atom is -0.324 e. The Morgan fingerprint density at radius 3 is 2.40 bits per heavy atom. The molecule has 1 unspecified atom stereocenters. The average Bonchev–Trinajstić information content (AvgIpc) is 2.40. The van der Waals surface area contributed by atoms with E-state index in [2.05, 4.69) is 20.9 Å². The van der Waals surface area contributed by atoms with E-state index in [1.807, 2.05) is 24.3 Å². The van der Waals surface area contributed by atoms with Crippen LogP contribution in [-0.4, -0.2) is 4.98 Å². The Balaban J connectivity index is 2.25. The van der Waals surface area contributed by atoms with Gasteiger partial charge < -0.3 is 5.73 Å². The Kier molecular flexibility index (Phi) is 4.45. The molecule has 0 saturated carbocycles. The number of benzene rings is 1. The van der Waals surface area contributed by atoms with E-state index in [4.69, 9.17) is 5.73 Å². The minimum atomic E-state index is -4.42. The maximum Gasteiger partial charge on any atom is 0.416 e. The molecule has 1 atom stereocenters. The van der Waals surface area contributed by atoms with Gasteiger partial charge in [0.2, 0.25) is 0 Å². The van der Waals surface area contributed by atoms with E-state index < -0.39 is 17.8 Å². The molecular formula is C14H12BrF3N2. The van der Waals surface area contributed by atoms with Crippen molar-refractivity contribution in [3.8, 4) is 0 Å². The quantitative estimate of drug-likeness (QED) is 0.910. The minimum absolute atomic E-state index is 0.0166. The van der Waals surface area contributed by atoms with Gasteiger partial charge in [-0.05, 0) is 35.7 Å². The highest BCUT2D eigenvalue weighted by Crippen LogP contribution is 2.34. The Morgan fingerprint density at radius 1 is 1.15 bits per heavy atom. The van der Waals surface area contributed by atoms with Gasteiger partial charge in [0.1, 0.15) is 0 Å². The number of aromatic nitrogens is 1. The fraction of sp³-hybridized carbons (Fsp3) is 0.214. The summed E-state index contributed by atoms with van der Waals surface area (Å²) in [5.41, 5.74) is 6.08. The first-order valence-corrected chi connectivity index (χ1v) is 6.68.